The lowest BCUT2D eigenvalue weighted by Crippen LogP contribution is -2.43. The van der Waals surface area contributed by atoms with Crippen LogP contribution in [-0.4, -0.2) is 41.6 Å². The lowest BCUT2D eigenvalue weighted by molar-refractivity contribution is -0.0183. The molecule has 1 heterocycles. The van der Waals surface area contributed by atoms with Crippen molar-refractivity contribution >= 4 is 19.2 Å². The summed E-state index contributed by atoms with van der Waals surface area (Å²) in [7, 11) is 3.37. The Morgan fingerprint density at radius 3 is 2.20 bits per heavy atom. The van der Waals surface area contributed by atoms with Crippen LogP contribution in [0.4, 0.5) is 0 Å². The molecule has 0 unspecified atom stereocenters. The van der Waals surface area contributed by atoms with Crippen LogP contribution in [0.2, 0.25) is 0 Å². The molecule has 0 saturated carbocycles. The van der Waals surface area contributed by atoms with Gasteiger partial charge >= 0.3 is 7.95 Å². The first kappa shape index (κ1) is 8.54. The lowest BCUT2D eigenvalue weighted by Gasteiger charge is -2.20. The molecule has 0 spiro atoms. The van der Waals surface area contributed by atoms with Crippen LogP contribution < -0.4 is 0 Å². The first-order valence-electron chi connectivity index (χ1n) is 3.12. The second-order valence-corrected chi connectivity index (χ2v) is 7.67. The van der Waals surface area contributed by atoms with Gasteiger partial charge in [-0.3, -0.25) is 0 Å². The van der Waals surface area contributed by atoms with E-state index in [0.717, 1.165) is 12.4 Å². The van der Waals surface area contributed by atoms with Crippen molar-refractivity contribution in [1.82, 2.24) is 0 Å². The van der Waals surface area contributed by atoms with Crippen molar-refractivity contribution in [2.75, 3.05) is 33.7 Å². The standard InChI is InChI=1S/C5H13O3SSi/c1-6-10(7-2)8(3)4-5-9-10/h4-5H2,1-3H3/q+1. The van der Waals surface area contributed by atoms with E-state index in [1.165, 1.54) is 0 Å². The Morgan fingerprint density at radius 1 is 1.40 bits per heavy atom. The van der Waals surface area contributed by atoms with E-state index in [-0.39, 0.29) is 0 Å². The molecule has 0 amide bonds. The molecule has 0 radical (unpaired) electrons. The maximum Gasteiger partial charge on any atom is 0.793 e. The van der Waals surface area contributed by atoms with E-state index in [1.54, 1.807) is 25.4 Å². The average Bonchev–Trinajstić information content (AvgIpc) is 2.32. The van der Waals surface area contributed by atoms with Crippen LogP contribution in [0.1, 0.15) is 0 Å². The molecule has 0 atom stereocenters. The van der Waals surface area contributed by atoms with Gasteiger partial charge in [-0.1, -0.05) is 0 Å². The van der Waals surface area contributed by atoms with Crippen molar-refractivity contribution in [2.45, 2.75) is 0 Å². The third kappa shape index (κ3) is 1.24. The molecule has 0 aromatic heterocycles. The predicted octanol–water partition coefficient (Wildman–Crippen LogP) is 0.644. The van der Waals surface area contributed by atoms with Crippen molar-refractivity contribution in [3.05, 3.63) is 0 Å². The molecule has 0 aromatic carbocycles. The molecule has 0 bridgehead atoms. The zero-order chi connectivity index (χ0) is 7.61. The van der Waals surface area contributed by atoms with Gasteiger partial charge in [0.05, 0.1) is 5.75 Å². The molecule has 60 valence electrons. The Balaban J connectivity index is 2.61. The van der Waals surface area contributed by atoms with Gasteiger partial charge in [0.25, 0.3) is 0 Å². The SMILES string of the molecule is CO[Si]1(OC)SCC[O+]1C. The molecule has 1 aliphatic heterocycles. The number of hydrogen-bond acceptors (Lipinski definition) is 3. The summed E-state index contributed by atoms with van der Waals surface area (Å²) >= 11 is 1.78. The van der Waals surface area contributed by atoms with E-state index < -0.39 is 7.95 Å². The second kappa shape index (κ2) is 3.23. The summed E-state index contributed by atoms with van der Waals surface area (Å²) in [6.45, 7) is 0.999. The Labute approximate surface area is 66.4 Å². The van der Waals surface area contributed by atoms with Gasteiger partial charge in [0.2, 0.25) is 0 Å². The molecule has 5 heteroatoms. The van der Waals surface area contributed by atoms with Crippen molar-refractivity contribution in [3.63, 3.8) is 0 Å². The van der Waals surface area contributed by atoms with Gasteiger partial charge in [0, 0.05) is 14.2 Å². The van der Waals surface area contributed by atoms with Gasteiger partial charge in [-0.05, 0) is 11.2 Å². The highest BCUT2D eigenvalue weighted by Gasteiger charge is 2.60. The highest BCUT2D eigenvalue weighted by atomic mass is 32.4. The highest BCUT2D eigenvalue weighted by Crippen LogP contribution is 2.33. The summed E-state index contributed by atoms with van der Waals surface area (Å²) < 4.78 is 13.6. The van der Waals surface area contributed by atoms with Crippen LogP contribution in [0.3, 0.4) is 0 Å². The topological polar surface area (TPSA) is 21.2 Å². The summed E-state index contributed by atoms with van der Waals surface area (Å²) in [4.78, 5) is 0. The summed E-state index contributed by atoms with van der Waals surface area (Å²) in [5.41, 5.74) is 0. The third-order valence-corrected chi connectivity index (χ3v) is 7.90. The second-order valence-electron chi connectivity index (χ2n) is 2.10. The zero-order valence-corrected chi connectivity index (χ0v) is 8.36. The van der Waals surface area contributed by atoms with Gasteiger partial charge < -0.3 is 12.9 Å². The van der Waals surface area contributed by atoms with Gasteiger partial charge in [0.15, 0.2) is 0 Å². The summed E-state index contributed by atoms with van der Waals surface area (Å²) in [6, 6.07) is 0. The van der Waals surface area contributed by atoms with Crippen molar-refractivity contribution in [2.24, 2.45) is 0 Å². The highest BCUT2D eigenvalue weighted by molar-refractivity contribution is 8.27. The predicted molar refractivity (Wildman–Crippen MR) is 44.1 cm³/mol. The molecule has 0 aliphatic carbocycles. The van der Waals surface area contributed by atoms with Crippen molar-refractivity contribution < 1.29 is 12.9 Å². The van der Waals surface area contributed by atoms with Gasteiger partial charge in [-0.25, -0.2) is 0 Å². The minimum atomic E-state index is -2.02. The molecule has 1 aliphatic rings. The summed E-state index contributed by atoms with van der Waals surface area (Å²) in [5, 5.41) is 0. The molecule has 0 aromatic rings. The van der Waals surface area contributed by atoms with E-state index in [2.05, 4.69) is 4.06 Å². The fourth-order valence-corrected chi connectivity index (χ4v) is 5.82. The largest absolute Gasteiger partial charge is 0.793 e. The van der Waals surface area contributed by atoms with E-state index in [0.29, 0.717) is 0 Å². The minimum absolute atomic E-state index is 0.999. The normalized spacial score (nSPS) is 25.5. The van der Waals surface area contributed by atoms with Crippen LogP contribution >= 0.6 is 11.2 Å². The minimum Gasteiger partial charge on any atom is -0.469 e. The fourth-order valence-electron chi connectivity index (χ4n) is 1.00. The maximum absolute atomic E-state index is 5.33. The molecule has 1 fully saturated rings. The van der Waals surface area contributed by atoms with Gasteiger partial charge in [0.1, 0.15) is 13.7 Å². The molecule has 3 nitrogen and oxygen atoms in total. The maximum atomic E-state index is 5.33. The molecule has 1 saturated heterocycles. The zero-order valence-electron chi connectivity index (χ0n) is 6.55. The van der Waals surface area contributed by atoms with Crippen LogP contribution in [0.25, 0.3) is 0 Å². The Hall–Kier alpha value is 0.447. The van der Waals surface area contributed by atoms with Crippen LogP contribution in [0.5, 0.6) is 0 Å². The number of rotatable bonds is 2. The quantitative estimate of drug-likeness (QED) is 0.461. The average molecular weight is 181 g/mol. The molecular weight excluding hydrogens is 168 g/mol. The smallest absolute Gasteiger partial charge is 0.469 e. The Morgan fingerprint density at radius 2 is 2.00 bits per heavy atom. The van der Waals surface area contributed by atoms with Gasteiger partial charge in [-0.2, -0.15) is 0 Å². The first-order valence-corrected chi connectivity index (χ1v) is 6.55. The number of hydrogen-bond donors (Lipinski definition) is 0. The lowest BCUT2D eigenvalue weighted by atomic mass is 10.9. The van der Waals surface area contributed by atoms with Crippen molar-refractivity contribution in [3.8, 4) is 0 Å². The van der Waals surface area contributed by atoms with Crippen molar-refractivity contribution in [1.29, 1.82) is 0 Å². The van der Waals surface area contributed by atoms with E-state index in [9.17, 15) is 0 Å². The van der Waals surface area contributed by atoms with E-state index in [4.69, 9.17) is 8.85 Å². The third-order valence-electron chi connectivity index (χ3n) is 1.60. The molecule has 1 rings (SSSR count). The molecule has 10 heavy (non-hydrogen) atoms. The van der Waals surface area contributed by atoms with Crippen LogP contribution in [-0.2, 0) is 12.9 Å². The summed E-state index contributed by atoms with van der Waals surface area (Å²) in [5.74, 6) is 1.09. The Kier molecular flexibility index (Phi) is 2.76. The van der Waals surface area contributed by atoms with E-state index >= 15 is 0 Å². The van der Waals surface area contributed by atoms with E-state index in [1.807, 2.05) is 7.11 Å². The van der Waals surface area contributed by atoms with Gasteiger partial charge in [-0.15, -0.1) is 0 Å². The molecule has 0 N–H and O–H groups in total. The molecular formula is C5H13O3SSi+. The first-order chi connectivity index (χ1) is 4.75. The Bertz CT molecular complexity index is 117. The summed E-state index contributed by atoms with van der Waals surface area (Å²) in [6.07, 6.45) is 0. The van der Waals surface area contributed by atoms with Crippen LogP contribution in [0, 0.1) is 0 Å². The van der Waals surface area contributed by atoms with Crippen LogP contribution in [0.15, 0.2) is 0 Å². The monoisotopic (exact) mass is 181 g/mol. The fraction of sp³-hybridized carbons (Fsp3) is 1.00.